The summed E-state index contributed by atoms with van der Waals surface area (Å²) in [5.41, 5.74) is 2.10. The van der Waals surface area contributed by atoms with Gasteiger partial charge in [0, 0.05) is 53.9 Å². The standard InChI is InChI=1S/C25H37NO6S3.C13H16O2S3.C7H12O3.C5H9NO/c1-7-31-22(28)20(18-12-10-9-11-13-18)16-19(21(27)26(4)5)17-25(3,35-24(33)34-8-2)23(29)32-15-14-30-6;1-3-15-12(14)11(18-13(16)17-4-2)10-8-6-5-7-9-10;1-6(2)7(8)10-5-4-9-3;1-4-5(7)6(2)3/h9-13,19-20H,7-8,14-17H2,1-6H3;5-9,11H,3-4H2,1-2H3;1,4-5H2,2-3H3;4H,1H2,2-3H3. The number of likely N-dealkylation sites (N-methyl/N-ethyl adjacent to an activating group) is 1. The van der Waals surface area contributed by atoms with Crippen molar-refractivity contribution in [2.45, 2.75) is 70.3 Å². The SMILES string of the molecule is C=C(C)C(=O)OCCOC.C=CC(=O)N(C)C.CCOC(=O)C(CC(CC(C)(SC(=S)SCC)C(=O)OCCOC)C(=O)N(C)C)c1ccccc1.CCOC(=O)C(SC(=S)SCC)c1ccccc1. The van der Waals surface area contributed by atoms with E-state index < -0.39 is 28.5 Å². The first-order chi connectivity index (χ1) is 33.1. The number of carbonyl (C=O) groups excluding carboxylic acids is 6. The molecule has 14 nitrogen and oxygen atoms in total. The lowest BCUT2D eigenvalue weighted by atomic mass is 9.83. The molecule has 392 valence electrons. The number of carbonyl (C=O) groups is 6. The van der Waals surface area contributed by atoms with Gasteiger partial charge in [-0.3, -0.25) is 24.0 Å². The van der Waals surface area contributed by atoms with E-state index in [1.165, 1.54) is 58.3 Å². The van der Waals surface area contributed by atoms with E-state index in [9.17, 15) is 28.8 Å². The van der Waals surface area contributed by atoms with Crippen LogP contribution >= 0.6 is 71.5 Å². The number of esters is 4. The number of methoxy groups -OCH3 is 2. The van der Waals surface area contributed by atoms with Crippen molar-refractivity contribution in [3.63, 3.8) is 0 Å². The molecule has 0 aliphatic heterocycles. The molecule has 2 aromatic rings. The van der Waals surface area contributed by atoms with E-state index >= 15 is 0 Å². The molecule has 4 atom stereocenters. The summed E-state index contributed by atoms with van der Waals surface area (Å²) in [6.07, 6.45) is 1.61. The van der Waals surface area contributed by atoms with Crippen LogP contribution in [-0.2, 0) is 57.2 Å². The first-order valence-corrected chi connectivity index (χ1v) is 26.8. The largest absolute Gasteiger partial charge is 0.466 e. The Balaban J connectivity index is 0. The van der Waals surface area contributed by atoms with Crippen LogP contribution in [0.4, 0.5) is 0 Å². The van der Waals surface area contributed by atoms with E-state index in [4.69, 9.17) is 43.4 Å². The van der Waals surface area contributed by atoms with E-state index in [1.807, 2.05) is 81.4 Å². The normalized spacial score (nSPS) is 12.3. The summed E-state index contributed by atoms with van der Waals surface area (Å²) in [6.45, 7) is 19.3. The smallest absolute Gasteiger partial charge is 0.333 e. The molecule has 0 heterocycles. The number of hydrogen-bond donors (Lipinski definition) is 0. The number of thiocarbonyl (C=S) groups is 2. The Morgan fingerprint density at radius 1 is 0.700 bits per heavy atom. The van der Waals surface area contributed by atoms with Crippen molar-refractivity contribution in [2.24, 2.45) is 5.92 Å². The fourth-order valence-electron chi connectivity index (χ4n) is 5.43. The molecule has 0 saturated carbocycles. The average Bonchev–Trinajstić information content (AvgIpc) is 3.32. The van der Waals surface area contributed by atoms with Gasteiger partial charge in [-0.2, -0.15) is 0 Å². The second kappa shape index (κ2) is 40.8. The van der Waals surface area contributed by atoms with Gasteiger partial charge in [-0.15, -0.1) is 23.5 Å². The van der Waals surface area contributed by atoms with Gasteiger partial charge < -0.3 is 38.2 Å². The first-order valence-electron chi connectivity index (χ1n) is 22.3. The molecule has 0 radical (unpaired) electrons. The maximum atomic E-state index is 13.3. The maximum Gasteiger partial charge on any atom is 0.333 e. The minimum Gasteiger partial charge on any atom is -0.466 e. The van der Waals surface area contributed by atoms with Crippen LogP contribution in [0.1, 0.15) is 76.7 Å². The van der Waals surface area contributed by atoms with Crippen molar-refractivity contribution in [3.8, 4) is 0 Å². The first kappa shape index (κ1) is 68.3. The molecular weight excluding hydrogens is 1010 g/mol. The monoisotopic (exact) mass is 1090 g/mol. The molecule has 0 N–H and O–H groups in total. The highest BCUT2D eigenvalue weighted by Gasteiger charge is 2.43. The fourth-order valence-corrected chi connectivity index (χ4v) is 10.9. The van der Waals surface area contributed by atoms with Crippen LogP contribution in [0.3, 0.4) is 0 Å². The van der Waals surface area contributed by atoms with Gasteiger partial charge >= 0.3 is 23.9 Å². The van der Waals surface area contributed by atoms with Gasteiger partial charge in [-0.25, -0.2) is 4.79 Å². The molecule has 0 spiro atoms. The van der Waals surface area contributed by atoms with Gasteiger partial charge in [0.2, 0.25) is 11.8 Å². The van der Waals surface area contributed by atoms with Crippen molar-refractivity contribution in [3.05, 3.63) is 96.6 Å². The topological polar surface area (TPSA) is 164 Å². The third kappa shape index (κ3) is 30.2. The summed E-state index contributed by atoms with van der Waals surface area (Å²) in [4.78, 5) is 75.3. The van der Waals surface area contributed by atoms with Gasteiger partial charge in [0.1, 0.15) is 30.3 Å². The average molecular weight is 1090 g/mol. The second-order valence-corrected chi connectivity index (χ2v) is 22.5. The Hall–Kier alpha value is -3.76. The Labute approximate surface area is 444 Å². The zero-order chi connectivity index (χ0) is 53.7. The molecule has 0 aromatic heterocycles. The Morgan fingerprint density at radius 3 is 1.61 bits per heavy atom. The maximum absolute atomic E-state index is 13.3. The Morgan fingerprint density at radius 2 is 1.19 bits per heavy atom. The number of benzene rings is 2. The molecule has 2 amide bonds. The lowest BCUT2D eigenvalue weighted by Crippen LogP contribution is -2.42. The number of ether oxygens (including phenoxy) is 6. The Bertz CT molecular complexity index is 1910. The fraction of sp³-hybridized carbons (Fsp3) is 0.520. The zero-order valence-electron chi connectivity index (χ0n) is 42.8. The predicted molar refractivity (Wildman–Crippen MR) is 297 cm³/mol. The lowest BCUT2D eigenvalue weighted by molar-refractivity contribution is -0.149. The Kier molecular flexibility index (Phi) is 39.8. The number of rotatable bonds is 24. The highest BCUT2D eigenvalue weighted by molar-refractivity contribution is 8.48. The highest BCUT2D eigenvalue weighted by atomic mass is 32.2. The number of amides is 2. The minimum absolute atomic E-state index is 0.0556. The summed E-state index contributed by atoms with van der Waals surface area (Å²) >= 11 is 16.4. The summed E-state index contributed by atoms with van der Waals surface area (Å²) in [5.74, 6) is -1.32. The molecular formula is C50H74N2O12S6. The van der Waals surface area contributed by atoms with Crippen LogP contribution in [0.2, 0.25) is 0 Å². The molecule has 2 rings (SSSR count). The molecule has 0 aliphatic rings. The third-order valence-corrected chi connectivity index (χ3v) is 14.2. The summed E-state index contributed by atoms with van der Waals surface area (Å²) in [5, 5.41) is -0.363. The minimum atomic E-state index is -1.13. The van der Waals surface area contributed by atoms with E-state index in [0.717, 1.165) is 26.2 Å². The molecule has 2 aromatic carbocycles. The van der Waals surface area contributed by atoms with Crippen LogP contribution < -0.4 is 0 Å². The molecule has 0 fully saturated rings. The summed E-state index contributed by atoms with van der Waals surface area (Å²) in [7, 11) is 9.77. The van der Waals surface area contributed by atoms with E-state index in [0.29, 0.717) is 28.9 Å². The molecule has 0 saturated heterocycles. The highest BCUT2D eigenvalue weighted by Crippen LogP contribution is 2.41. The molecule has 0 aliphatic carbocycles. The summed E-state index contributed by atoms with van der Waals surface area (Å²) in [6, 6.07) is 18.9. The van der Waals surface area contributed by atoms with Gasteiger partial charge in [0.05, 0.1) is 32.3 Å². The zero-order valence-corrected chi connectivity index (χ0v) is 47.7. The third-order valence-electron chi connectivity index (χ3n) is 8.81. The van der Waals surface area contributed by atoms with Crippen molar-refractivity contribution in [2.75, 3.05) is 93.6 Å². The van der Waals surface area contributed by atoms with Crippen LogP contribution in [0, 0.1) is 5.92 Å². The van der Waals surface area contributed by atoms with Gasteiger partial charge in [-0.05, 0) is 69.2 Å². The lowest BCUT2D eigenvalue weighted by Gasteiger charge is -2.32. The number of thioether (sulfide) groups is 4. The summed E-state index contributed by atoms with van der Waals surface area (Å²) < 4.78 is 30.5. The van der Waals surface area contributed by atoms with Crippen molar-refractivity contribution in [1.29, 1.82) is 0 Å². The molecule has 4 unspecified atom stereocenters. The van der Waals surface area contributed by atoms with Crippen LogP contribution in [0.15, 0.2) is 85.5 Å². The van der Waals surface area contributed by atoms with Crippen LogP contribution in [-0.4, -0.2) is 151 Å². The van der Waals surface area contributed by atoms with Crippen LogP contribution in [0.5, 0.6) is 0 Å². The van der Waals surface area contributed by atoms with Crippen molar-refractivity contribution in [1.82, 2.24) is 9.80 Å². The van der Waals surface area contributed by atoms with Gasteiger partial charge in [0.15, 0.2) is 0 Å². The number of nitrogens with zero attached hydrogens (tertiary/aromatic N) is 2. The quantitative estimate of drug-likeness (QED) is 0.0321. The van der Waals surface area contributed by atoms with Gasteiger partial charge in [0.25, 0.3) is 0 Å². The van der Waals surface area contributed by atoms with Crippen LogP contribution in [0.25, 0.3) is 0 Å². The van der Waals surface area contributed by atoms with Crippen molar-refractivity contribution < 1.29 is 57.2 Å². The predicted octanol–water partition coefficient (Wildman–Crippen LogP) is 9.61. The van der Waals surface area contributed by atoms with E-state index in [1.54, 1.807) is 67.8 Å². The molecule has 0 bridgehead atoms. The molecule has 70 heavy (non-hydrogen) atoms. The van der Waals surface area contributed by atoms with E-state index in [2.05, 4.69) is 22.6 Å². The van der Waals surface area contributed by atoms with E-state index in [-0.39, 0.29) is 61.7 Å². The van der Waals surface area contributed by atoms with Gasteiger partial charge in [-0.1, -0.05) is 136 Å². The van der Waals surface area contributed by atoms with Crippen molar-refractivity contribution >= 4 is 114 Å². The number of hydrogen-bond acceptors (Lipinski definition) is 18. The molecule has 20 heteroatoms. The second-order valence-electron chi connectivity index (χ2n) is 14.9.